The van der Waals surface area contributed by atoms with E-state index in [0.29, 0.717) is 12.1 Å². The molecule has 0 fully saturated rings. The van der Waals surface area contributed by atoms with Gasteiger partial charge in [0.15, 0.2) is 0 Å². The number of imidazole rings is 1. The molecule has 0 radical (unpaired) electrons. The lowest BCUT2D eigenvalue weighted by Gasteiger charge is -2.11. The maximum absolute atomic E-state index is 11.8. The highest BCUT2D eigenvalue weighted by Gasteiger charge is 2.09. The highest BCUT2D eigenvalue weighted by molar-refractivity contribution is 5.91. The summed E-state index contributed by atoms with van der Waals surface area (Å²) in [5, 5.41) is 2.80. The summed E-state index contributed by atoms with van der Waals surface area (Å²) in [6.45, 7) is 2.04. The fraction of sp³-hybridized carbons (Fsp3) is 0.333. The van der Waals surface area contributed by atoms with Crippen LogP contribution in [0, 0.1) is 0 Å². The number of hydrogen-bond acceptors (Lipinski definition) is 3. The number of rotatable bonds is 6. The van der Waals surface area contributed by atoms with Gasteiger partial charge >= 0.3 is 5.69 Å². The summed E-state index contributed by atoms with van der Waals surface area (Å²) >= 11 is 0. The second-order valence-corrected chi connectivity index (χ2v) is 4.98. The zero-order valence-corrected chi connectivity index (χ0v) is 12.0. The first kappa shape index (κ1) is 15.1. The van der Waals surface area contributed by atoms with Crippen molar-refractivity contribution in [1.29, 1.82) is 0 Å². The van der Waals surface area contributed by atoms with E-state index in [-0.39, 0.29) is 17.6 Å². The third-order valence-corrected chi connectivity index (χ3v) is 3.19. The van der Waals surface area contributed by atoms with Gasteiger partial charge in [0.1, 0.15) is 0 Å². The fourth-order valence-corrected chi connectivity index (χ4v) is 2.15. The number of benzene rings is 1. The van der Waals surface area contributed by atoms with Gasteiger partial charge in [0, 0.05) is 30.5 Å². The molecule has 1 aromatic carbocycles. The predicted molar refractivity (Wildman–Crippen MR) is 82.5 cm³/mol. The third-order valence-electron chi connectivity index (χ3n) is 3.19. The lowest BCUT2D eigenvalue weighted by atomic mass is 10.1. The number of hydrogen-bond donors (Lipinski definition) is 3. The van der Waals surface area contributed by atoms with Crippen LogP contribution in [0.2, 0.25) is 0 Å². The van der Waals surface area contributed by atoms with E-state index in [1.165, 1.54) is 4.57 Å². The highest BCUT2D eigenvalue weighted by atomic mass is 16.2. The average Bonchev–Trinajstić information content (AvgIpc) is 2.86. The Kier molecular flexibility index (Phi) is 4.94. The topological polar surface area (TPSA) is 92.9 Å². The monoisotopic (exact) mass is 288 g/mol. The molecule has 1 amide bonds. The third kappa shape index (κ3) is 4.06. The Morgan fingerprint density at radius 2 is 2.10 bits per heavy atom. The molecule has 6 nitrogen and oxygen atoms in total. The van der Waals surface area contributed by atoms with E-state index in [2.05, 4.69) is 10.3 Å². The average molecular weight is 288 g/mol. The first-order chi connectivity index (χ1) is 10.1. The summed E-state index contributed by atoms with van der Waals surface area (Å²) < 4.78 is 1.49. The van der Waals surface area contributed by atoms with Crippen molar-refractivity contribution < 1.29 is 4.79 Å². The highest BCUT2D eigenvalue weighted by Crippen LogP contribution is 2.12. The second kappa shape index (κ2) is 6.90. The fourth-order valence-electron chi connectivity index (χ4n) is 2.15. The Morgan fingerprint density at radius 3 is 2.67 bits per heavy atom. The quantitative estimate of drug-likeness (QED) is 0.754. The van der Waals surface area contributed by atoms with Gasteiger partial charge in [0.05, 0.1) is 5.69 Å². The lowest BCUT2D eigenvalue weighted by molar-refractivity contribution is -0.116. The molecular formula is C15H20N4O2. The number of amides is 1. The van der Waals surface area contributed by atoms with Crippen molar-refractivity contribution in [3.05, 3.63) is 47.1 Å². The normalized spacial score (nSPS) is 12.1. The Morgan fingerprint density at radius 1 is 1.38 bits per heavy atom. The van der Waals surface area contributed by atoms with E-state index in [1.807, 2.05) is 6.92 Å². The van der Waals surface area contributed by atoms with E-state index in [1.54, 1.807) is 36.7 Å². The Hall–Kier alpha value is -2.34. The molecule has 1 unspecified atom stereocenters. The summed E-state index contributed by atoms with van der Waals surface area (Å²) in [6, 6.07) is 6.97. The number of nitrogens with two attached hydrogens (primary N) is 1. The first-order valence-electron chi connectivity index (χ1n) is 7.02. The van der Waals surface area contributed by atoms with Crippen LogP contribution in [-0.4, -0.2) is 21.5 Å². The zero-order valence-electron chi connectivity index (χ0n) is 12.0. The Bertz CT molecular complexity index is 642. The van der Waals surface area contributed by atoms with Gasteiger partial charge in [-0.1, -0.05) is 13.3 Å². The number of nitrogens with zero attached hydrogens (tertiary/aromatic N) is 1. The van der Waals surface area contributed by atoms with Crippen molar-refractivity contribution >= 4 is 11.6 Å². The summed E-state index contributed by atoms with van der Waals surface area (Å²) in [4.78, 5) is 25.9. The van der Waals surface area contributed by atoms with Gasteiger partial charge < -0.3 is 16.0 Å². The summed E-state index contributed by atoms with van der Waals surface area (Å²) in [5.41, 5.74) is 7.07. The molecule has 6 heteroatoms. The number of carbonyl (C=O) groups is 1. The second-order valence-electron chi connectivity index (χ2n) is 4.98. The lowest BCUT2D eigenvalue weighted by Crippen LogP contribution is -2.26. The van der Waals surface area contributed by atoms with Crippen LogP contribution in [0.3, 0.4) is 0 Å². The van der Waals surface area contributed by atoms with Crippen LogP contribution in [0.1, 0.15) is 26.2 Å². The minimum Gasteiger partial charge on any atom is -0.327 e. The van der Waals surface area contributed by atoms with Crippen LogP contribution in [0.15, 0.2) is 41.5 Å². The Labute approximate surface area is 123 Å². The number of aromatic amines is 1. The predicted octanol–water partition coefficient (Wildman–Crippen LogP) is 1.62. The molecule has 0 saturated carbocycles. The van der Waals surface area contributed by atoms with E-state index in [0.717, 1.165) is 18.5 Å². The molecule has 0 aliphatic carbocycles. The van der Waals surface area contributed by atoms with Crippen LogP contribution in [0.4, 0.5) is 5.69 Å². The minimum atomic E-state index is -0.197. The van der Waals surface area contributed by atoms with Crippen molar-refractivity contribution in [2.45, 2.75) is 32.2 Å². The van der Waals surface area contributed by atoms with Crippen LogP contribution in [-0.2, 0) is 4.79 Å². The zero-order chi connectivity index (χ0) is 15.2. The van der Waals surface area contributed by atoms with Gasteiger partial charge in [-0.3, -0.25) is 9.36 Å². The molecule has 2 aromatic rings. The van der Waals surface area contributed by atoms with E-state index in [9.17, 15) is 9.59 Å². The molecule has 4 N–H and O–H groups in total. The standard InChI is InChI=1S/C15H20N4O2/c1-2-3-11(16)10-14(20)18-12-4-6-13(7-5-12)19-9-8-17-15(19)21/h4-9,11H,2-3,10,16H2,1H3,(H,17,21)(H,18,20). The van der Waals surface area contributed by atoms with Crippen LogP contribution >= 0.6 is 0 Å². The Balaban J connectivity index is 1.98. The molecule has 1 atom stereocenters. The molecule has 0 saturated heterocycles. The van der Waals surface area contributed by atoms with Gasteiger partial charge in [-0.15, -0.1) is 0 Å². The van der Waals surface area contributed by atoms with E-state index < -0.39 is 0 Å². The SMILES string of the molecule is CCCC(N)CC(=O)Nc1ccc(-n2cc[nH]c2=O)cc1. The molecular weight excluding hydrogens is 268 g/mol. The molecule has 1 aromatic heterocycles. The van der Waals surface area contributed by atoms with Gasteiger partial charge in [0.25, 0.3) is 0 Å². The molecule has 112 valence electrons. The molecule has 0 aliphatic heterocycles. The number of aromatic nitrogens is 2. The van der Waals surface area contributed by atoms with Crippen LogP contribution in [0.25, 0.3) is 5.69 Å². The molecule has 1 heterocycles. The van der Waals surface area contributed by atoms with Crippen molar-refractivity contribution in [2.24, 2.45) is 5.73 Å². The summed E-state index contributed by atoms with van der Waals surface area (Å²) in [5.74, 6) is -0.0949. The van der Waals surface area contributed by atoms with Crippen molar-refractivity contribution in [1.82, 2.24) is 9.55 Å². The first-order valence-corrected chi connectivity index (χ1v) is 7.02. The smallest absolute Gasteiger partial charge is 0.327 e. The summed E-state index contributed by atoms with van der Waals surface area (Å²) in [6.07, 6.45) is 5.34. The van der Waals surface area contributed by atoms with Crippen molar-refractivity contribution in [3.63, 3.8) is 0 Å². The number of carbonyl (C=O) groups excluding carboxylic acids is 1. The van der Waals surface area contributed by atoms with E-state index >= 15 is 0 Å². The van der Waals surface area contributed by atoms with Gasteiger partial charge in [-0.05, 0) is 30.7 Å². The molecule has 0 bridgehead atoms. The number of H-pyrrole nitrogens is 1. The number of anilines is 1. The van der Waals surface area contributed by atoms with Crippen LogP contribution in [0.5, 0.6) is 0 Å². The van der Waals surface area contributed by atoms with Gasteiger partial charge in [-0.25, -0.2) is 4.79 Å². The molecule has 2 rings (SSSR count). The molecule has 0 aliphatic rings. The van der Waals surface area contributed by atoms with E-state index in [4.69, 9.17) is 5.73 Å². The summed E-state index contributed by atoms with van der Waals surface area (Å²) in [7, 11) is 0. The van der Waals surface area contributed by atoms with Gasteiger partial charge in [-0.2, -0.15) is 0 Å². The van der Waals surface area contributed by atoms with Crippen molar-refractivity contribution in [3.8, 4) is 5.69 Å². The number of nitrogens with one attached hydrogen (secondary N) is 2. The maximum Gasteiger partial charge on any atom is 0.330 e. The van der Waals surface area contributed by atoms with Gasteiger partial charge in [0.2, 0.25) is 5.91 Å². The molecule has 0 spiro atoms. The minimum absolute atomic E-state index is 0.0949. The largest absolute Gasteiger partial charge is 0.330 e. The van der Waals surface area contributed by atoms with Crippen molar-refractivity contribution in [2.75, 3.05) is 5.32 Å². The van der Waals surface area contributed by atoms with Crippen LogP contribution < -0.4 is 16.7 Å². The molecule has 21 heavy (non-hydrogen) atoms. The maximum atomic E-state index is 11.8.